The number of thiazole rings is 1. The molecule has 1 aliphatic rings. The van der Waals surface area contributed by atoms with E-state index in [2.05, 4.69) is 51.4 Å². The van der Waals surface area contributed by atoms with E-state index in [1.807, 2.05) is 24.3 Å². The normalized spacial score (nSPS) is 16.1. The topological polar surface area (TPSA) is 66.8 Å². The van der Waals surface area contributed by atoms with Crippen molar-refractivity contribution in [1.29, 1.82) is 0 Å². The predicted octanol–water partition coefficient (Wildman–Crippen LogP) is 6.45. The molecule has 1 atom stereocenters. The van der Waals surface area contributed by atoms with Crippen LogP contribution in [0.15, 0.2) is 77.4 Å². The highest BCUT2D eigenvalue weighted by atomic mass is 35.5. The van der Waals surface area contributed by atoms with Gasteiger partial charge in [0.25, 0.3) is 0 Å². The number of halogens is 1. The number of rotatable bonds is 6. The van der Waals surface area contributed by atoms with Crippen molar-refractivity contribution in [3.8, 4) is 17.5 Å². The number of hydrogen-bond donors (Lipinski definition) is 1. The minimum absolute atomic E-state index is 0.117. The third-order valence-electron chi connectivity index (χ3n) is 6.74. The fourth-order valence-electron chi connectivity index (χ4n) is 5.01. The molecule has 5 aromatic rings. The molecule has 1 N–H and O–H groups in total. The SMILES string of the molecule is Oc1c([C@H](c2cccc(Cl)c2)N2CCC(Cc3ccccc3)CC2)sc2nc(-c3ccco3)nn12. The monoisotopic (exact) mass is 504 g/mol. The summed E-state index contributed by atoms with van der Waals surface area (Å²) in [6.07, 6.45) is 4.91. The molecule has 2 aromatic carbocycles. The molecule has 0 saturated carbocycles. The van der Waals surface area contributed by atoms with Gasteiger partial charge in [0.15, 0.2) is 5.76 Å². The molecule has 0 bridgehead atoms. The van der Waals surface area contributed by atoms with E-state index in [9.17, 15) is 5.11 Å². The molecule has 0 unspecified atom stereocenters. The summed E-state index contributed by atoms with van der Waals surface area (Å²) in [5, 5.41) is 16.4. The van der Waals surface area contributed by atoms with Crippen molar-refractivity contribution >= 4 is 27.9 Å². The van der Waals surface area contributed by atoms with Gasteiger partial charge in [-0.2, -0.15) is 9.50 Å². The maximum Gasteiger partial charge on any atom is 0.230 e. The van der Waals surface area contributed by atoms with Crippen LogP contribution in [0.3, 0.4) is 0 Å². The van der Waals surface area contributed by atoms with Gasteiger partial charge in [-0.3, -0.25) is 4.90 Å². The molecule has 0 spiro atoms. The number of hydrogen-bond acceptors (Lipinski definition) is 6. The molecule has 178 valence electrons. The first-order valence-electron chi connectivity index (χ1n) is 11.8. The average molecular weight is 505 g/mol. The zero-order valence-corrected chi connectivity index (χ0v) is 20.6. The Hall–Kier alpha value is -3.13. The number of aromatic hydroxyl groups is 1. The van der Waals surface area contributed by atoms with Gasteiger partial charge in [0, 0.05) is 5.02 Å². The maximum absolute atomic E-state index is 11.3. The molecule has 35 heavy (non-hydrogen) atoms. The number of likely N-dealkylation sites (tertiary alicyclic amines) is 1. The third kappa shape index (κ3) is 4.47. The second kappa shape index (κ2) is 9.49. The second-order valence-corrected chi connectivity index (χ2v) is 10.5. The molecule has 0 radical (unpaired) electrons. The Labute approximate surface area is 212 Å². The first-order chi connectivity index (χ1) is 17.2. The Morgan fingerprint density at radius 3 is 2.60 bits per heavy atom. The van der Waals surface area contributed by atoms with E-state index in [-0.39, 0.29) is 11.9 Å². The van der Waals surface area contributed by atoms with E-state index in [1.54, 1.807) is 12.3 Å². The summed E-state index contributed by atoms with van der Waals surface area (Å²) in [7, 11) is 0. The summed E-state index contributed by atoms with van der Waals surface area (Å²) in [6.45, 7) is 1.89. The van der Waals surface area contributed by atoms with E-state index in [0.29, 0.717) is 27.5 Å². The smallest absolute Gasteiger partial charge is 0.230 e. The van der Waals surface area contributed by atoms with Gasteiger partial charge in [0.1, 0.15) is 0 Å². The number of piperidine rings is 1. The fraction of sp³-hybridized carbons (Fsp3) is 0.259. The van der Waals surface area contributed by atoms with Crippen LogP contribution >= 0.6 is 22.9 Å². The number of fused-ring (bicyclic) bond motifs is 1. The molecular formula is C27H25ClN4O2S. The Morgan fingerprint density at radius 2 is 1.89 bits per heavy atom. The van der Waals surface area contributed by atoms with Crippen LogP contribution < -0.4 is 0 Å². The lowest BCUT2D eigenvalue weighted by molar-refractivity contribution is 0.150. The Balaban J connectivity index is 1.30. The van der Waals surface area contributed by atoms with Crippen molar-refractivity contribution in [2.24, 2.45) is 5.92 Å². The molecule has 6 nitrogen and oxygen atoms in total. The zero-order chi connectivity index (χ0) is 23.8. The van der Waals surface area contributed by atoms with Crippen molar-refractivity contribution in [2.45, 2.75) is 25.3 Å². The molecular weight excluding hydrogens is 480 g/mol. The first kappa shape index (κ1) is 22.3. The van der Waals surface area contributed by atoms with Crippen molar-refractivity contribution in [2.75, 3.05) is 13.1 Å². The van der Waals surface area contributed by atoms with Crippen molar-refractivity contribution in [3.05, 3.63) is 94.0 Å². The van der Waals surface area contributed by atoms with E-state index >= 15 is 0 Å². The lowest BCUT2D eigenvalue weighted by Crippen LogP contribution is -2.37. The average Bonchev–Trinajstić information content (AvgIpc) is 3.60. The minimum Gasteiger partial charge on any atom is -0.492 e. The van der Waals surface area contributed by atoms with Gasteiger partial charge >= 0.3 is 0 Å². The van der Waals surface area contributed by atoms with E-state index in [1.165, 1.54) is 21.4 Å². The molecule has 0 aliphatic carbocycles. The lowest BCUT2D eigenvalue weighted by atomic mass is 9.89. The Morgan fingerprint density at radius 1 is 1.06 bits per heavy atom. The van der Waals surface area contributed by atoms with Gasteiger partial charge in [-0.25, -0.2) is 0 Å². The summed E-state index contributed by atoms with van der Waals surface area (Å²) >= 11 is 7.85. The minimum atomic E-state index is -0.119. The first-order valence-corrected chi connectivity index (χ1v) is 13.0. The quantitative estimate of drug-likeness (QED) is 0.287. The van der Waals surface area contributed by atoms with Gasteiger partial charge in [-0.05, 0) is 73.7 Å². The maximum atomic E-state index is 11.3. The van der Waals surface area contributed by atoms with Crippen molar-refractivity contribution in [3.63, 3.8) is 0 Å². The van der Waals surface area contributed by atoms with Crippen LogP contribution in [0.2, 0.25) is 5.02 Å². The van der Waals surface area contributed by atoms with E-state index < -0.39 is 0 Å². The van der Waals surface area contributed by atoms with Crippen LogP contribution in [0.25, 0.3) is 16.5 Å². The Bertz CT molecular complexity index is 1420. The van der Waals surface area contributed by atoms with Crippen LogP contribution in [0, 0.1) is 5.92 Å². The molecule has 1 fully saturated rings. The highest BCUT2D eigenvalue weighted by molar-refractivity contribution is 7.17. The molecule has 6 rings (SSSR count). The number of nitrogens with zero attached hydrogens (tertiary/aromatic N) is 4. The third-order valence-corrected chi connectivity index (χ3v) is 8.04. The predicted molar refractivity (Wildman–Crippen MR) is 138 cm³/mol. The van der Waals surface area contributed by atoms with Crippen LogP contribution in [0.5, 0.6) is 5.88 Å². The molecule has 4 heterocycles. The summed E-state index contributed by atoms with van der Waals surface area (Å²) in [5.41, 5.74) is 2.46. The number of furan rings is 1. The van der Waals surface area contributed by atoms with Crippen molar-refractivity contribution in [1.82, 2.24) is 19.5 Å². The van der Waals surface area contributed by atoms with Crippen molar-refractivity contribution < 1.29 is 9.52 Å². The highest BCUT2D eigenvalue weighted by Gasteiger charge is 2.32. The molecule has 0 amide bonds. The molecule has 1 aliphatic heterocycles. The summed E-state index contributed by atoms with van der Waals surface area (Å²) < 4.78 is 6.94. The largest absolute Gasteiger partial charge is 0.492 e. The fourth-order valence-corrected chi connectivity index (χ4v) is 6.32. The van der Waals surface area contributed by atoms with Crippen LogP contribution in [0.4, 0.5) is 0 Å². The van der Waals surface area contributed by atoms with E-state index in [4.69, 9.17) is 16.0 Å². The molecule has 3 aromatic heterocycles. The van der Waals surface area contributed by atoms with Crippen LogP contribution in [-0.2, 0) is 6.42 Å². The van der Waals surface area contributed by atoms with Crippen LogP contribution in [0.1, 0.15) is 34.9 Å². The standard InChI is InChI=1S/C27H25ClN4O2S/c28-21-9-4-8-20(17-21)23(31-13-11-19(12-14-31)16-18-6-2-1-3-7-18)24-26(33)32-27(35-24)29-25(30-32)22-10-5-15-34-22/h1-10,15,17,19,23,33H,11-14,16H2/t23-/m0/s1. The molecule has 1 saturated heterocycles. The summed E-state index contributed by atoms with van der Waals surface area (Å²) in [5.74, 6) is 1.81. The van der Waals surface area contributed by atoms with Gasteiger partial charge < -0.3 is 9.52 Å². The number of aromatic nitrogens is 3. The van der Waals surface area contributed by atoms with E-state index in [0.717, 1.165) is 42.8 Å². The van der Waals surface area contributed by atoms with Crippen LogP contribution in [-0.4, -0.2) is 37.7 Å². The van der Waals surface area contributed by atoms with Gasteiger partial charge in [-0.1, -0.05) is 65.4 Å². The summed E-state index contributed by atoms with van der Waals surface area (Å²) in [6, 6.07) is 22.1. The number of benzene rings is 2. The molecule has 8 heteroatoms. The van der Waals surface area contributed by atoms with Gasteiger partial charge in [0.05, 0.1) is 17.2 Å². The Kier molecular flexibility index (Phi) is 6.06. The zero-order valence-electron chi connectivity index (χ0n) is 19.0. The van der Waals surface area contributed by atoms with Gasteiger partial charge in [-0.15, -0.1) is 5.10 Å². The highest BCUT2D eigenvalue weighted by Crippen LogP contribution is 2.42. The summed E-state index contributed by atoms with van der Waals surface area (Å²) in [4.78, 5) is 8.52. The lowest BCUT2D eigenvalue weighted by Gasteiger charge is -2.37. The second-order valence-electron chi connectivity index (χ2n) is 9.02. The van der Waals surface area contributed by atoms with Gasteiger partial charge in [0.2, 0.25) is 16.7 Å².